The lowest BCUT2D eigenvalue weighted by Gasteiger charge is -2.31. The third kappa shape index (κ3) is 9.74. The molecule has 0 unspecified atom stereocenters. The van der Waals surface area contributed by atoms with Crippen LogP contribution in [0.4, 0.5) is 5.69 Å². The average molecular weight is 621 g/mol. The highest BCUT2D eigenvalue weighted by molar-refractivity contribution is 7.92. The number of carbonyl (C=O) groups excluding carboxylic acids is 2. The fourth-order valence-corrected chi connectivity index (χ4v) is 5.75. The first-order valence-corrected chi connectivity index (χ1v) is 15.7. The number of unbranched alkanes of at least 4 members (excludes halogenated alkanes) is 1. The summed E-state index contributed by atoms with van der Waals surface area (Å²) in [5.74, 6) is -0.113. The van der Waals surface area contributed by atoms with E-state index >= 15 is 0 Å². The van der Waals surface area contributed by atoms with Crippen LogP contribution in [-0.2, 0) is 26.2 Å². The van der Waals surface area contributed by atoms with Crippen LogP contribution in [0.2, 0.25) is 15.1 Å². The zero-order valence-electron chi connectivity index (χ0n) is 22.7. The molecule has 216 valence electrons. The van der Waals surface area contributed by atoms with Crippen molar-refractivity contribution < 1.29 is 22.7 Å². The smallest absolute Gasteiger partial charge is 0.242 e. The lowest BCUT2D eigenvalue weighted by Crippen LogP contribution is -2.49. The number of sulfonamides is 1. The summed E-state index contributed by atoms with van der Waals surface area (Å²) in [4.78, 5) is 28.1. The molecular weight excluding hydrogens is 585 g/mol. The average Bonchev–Trinajstić information content (AvgIpc) is 2.87. The summed E-state index contributed by atoms with van der Waals surface area (Å²) in [7, 11) is -2.19. The number of hydrogen-bond donors (Lipinski definition) is 1. The standard InChI is InChI=1S/C27H36Cl3N3O5S/c1-5-7-14-31-27(35)24(6-2)32(18-19-10-11-20(28)16-22(19)29)26(34)9-8-15-33(39(4,36)37)21-12-13-25(38-3)23(30)17-21/h10-13,16-17,24H,5-9,14-15,18H2,1-4H3,(H,31,35)/t24-/m1/s1. The molecule has 39 heavy (non-hydrogen) atoms. The van der Waals surface area contributed by atoms with Crippen LogP contribution in [0.5, 0.6) is 5.75 Å². The van der Waals surface area contributed by atoms with Gasteiger partial charge in [-0.15, -0.1) is 0 Å². The molecule has 0 saturated heterocycles. The summed E-state index contributed by atoms with van der Waals surface area (Å²) in [5.41, 5.74) is 1.02. The molecule has 1 N–H and O–H groups in total. The molecule has 0 aromatic heterocycles. The Morgan fingerprint density at radius 1 is 1.03 bits per heavy atom. The fourth-order valence-electron chi connectivity index (χ4n) is 4.07. The van der Waals surface area contributed by atoms with Crippen molar-refractivity contribution in [1.29, 1.82) is 0 Å². The minimum Gasteiger partial charge on any atom is -0.495 e. The maximum Gasteiger partial charge on any atom is 0.242 e. The Morgan fingerprint density at radius 3 is 2.31 bits per heavy atom. The molecule has 2 aromatic carbocycles. The van der Waals surface area contributed by atoms with Crippen molar-refractivity contribution in [3.8, 4) is 5.75 Å². The lowest BCUT2D eigenvalue weighted by molar-refractivity contribution is -0.141. The second kappa shape index (κ2) is 15.6. The zero-order chi connectivity index (χ0) is 29.2. The fraction of sp³-hybridized carbons (Fsp3) is 0.481. The Labute approximate surface area is 246 Å². The lowest BCUT2D eigenvalue weighted by atomic mass is 10.1. The largest absolute Gasteiger partial charge is 0.495 e. The van der Waals surface area contributed by atoms with E-state index in [2.05, 4.69) is 5.32 Å². The molecule has 2 aromatic rings. The molecule has 0 aliphatic carbocycles. The van der Waals surface area contributed by atoms with Gasteiger partial charge in [0, 0.05) is 36.1 Å². The number of nitrogens with zero attached hydrogens (tertiary/aromatic N) is 2. The molecule has 0 radical (unpaired) electrons. The maximum absolute atomic E-state index is 13.5. The molecule has 8 nitrogen and oxygen atoms in total. The SMILES string of the molecule is CCCCNC(=O)[C@@H](CC)N(Cc1ccc(Cl)cc1Cl)C(=O)CCCN(c1ccc(OC)c(Cl)c1)S(C)(=O)=O. The Balaban J connectivity index is 2.25. The van der Waals surface area contributed by atoms with E-state index < -0.39 is 16.1 Å². The van der Waals surface area contributed by atoms with Gasteiger partial charge >= 0.3 is 0 Å². The van der Waals surface area contributed by atoms with Crippen molar-refractivity contribution in [3.63, 3.8) is 0 Å². The van der Waals surface area contributed by atoms with Crippen LogP contribution >= 0.6 is 34.8 Å². The Kier molecular flexibility index (Phi) is 13.2. The summed E-state index contributed by atoms with van der Waals surface area (Å²) >= 11 is 18.6. The van der Waals surface area contributed by atoms with E-state index in [1.807, 2.05) is 13.8 Å². The van der Waals surface area contributed by atoms with Crippen LogP contribution in [0.25, 0.3) is 0 Å². The Bertz CT molecular complexity index is 1240. The van der Waals surface area contributed by atoms with Gasteiger partial charge < -0.3 is 15.0 Å². The number of amides is 2. The minimum atomic E-state index is -3.66. The van der Waals surface area contributed by atoms with Crippen LogP contribution in [-0.4, -0.2) is 57.6 Å². The highest BCUT2D eigenvalue weighted by Gasteiger charge is 2.29. The Hall–Kier alpha value is -2.20. The third-order valence-electron chi connectivity index (χ3n) is 6.15. The number of rotatable bonds is 15. The molecule has 0 fully saturated rings. The number of halogens is 3. The summed E-state index contributed by atoms with van der Waals surface area (Å²) in [5, 5.41) is 4.04. The van der Waals surface area contributed by atoms with Crippen molar-refractivity contribution in [1.82, 2.24) is 10.2 Å². The van der Waals surface area contributed by atoms with E-state index in [0.29, 0.717) is 40.0 Å². The molecular formula is C27H36Cl3N3O5S. The highest BCUT2D eigenvalue weighted by Crippen LogP contribution is 2.30. The number of ether oxygens (including phenoxy) is 1. The number of nitrogens with one attached hydrogen (secondary N) is 1. The first-order chi connectivity index (χ1) is 18.4. The van der Waals surface area contributed by atoms with Crippen LogP contribution < -0.4 is 14.4 Å². The molecule has 0 aliphatic heterocycles. The topological polar surface area (TPSA) is 96.0 Å². The molecule has 0 saturated carbocycles. The minimum absolute atomic E-state index is 0.0137. The normalized spacial score (nSPS) is 12.1. The van der Waals surface area contributed by atoms with Gasteiger partial charge in [0.25, 0.3) is 0 Å². The van der Waals surface area contributed by atoms with Crippen molar-refractivity contribution in [2.24, 2.45) is 0 Å². The van der Waals surface area contributed by atoms with Crippen LogP contribution in [0.15, 0.2) is 36.4 Å². The van der Waals surface area contributed by atoms with E-state index in [4.69, 9.17) is 39.5 Å². The van der Waals surface area contributed by atoms with Gasteiger partial charge in [-0.05, 0) is 55.2 Å². The van der Waals surface area contributed by atoms with Crippen molar-refractivity contribution in [2.45, 2.75) is 58.5 Å². The predicted molar refractivity (Wildman–Crippen MR) is 158 cm³/mol. The van der Waals surface area contributed by atoms with Gasteiger partial charge in [0.1, 0.15) is 11.8 Å². The van der Waals surface area contributed by atoms with Crippen molar-refractivity contribution >= 4 is 62.3 Å². The van der Waals surface area contributed by atoms with Gasteiger partial charge in [0.2, 0.25) is 21.8 Å². The first-order valence-electron chi connectivity index (χ1n) is 12.7. The number of carbonyl (C=O) groups is 2. The molecule has 2 amide bonds. The van der Waals surface area contributed by atoms with Crippen LogP contribution in [0.3, 0.4) is 0 Å². The van der Waals surface area contributed by atoms with E-state index in [-0.39, 0.29) is 42.8 Å². The molecule has 12 heteroatoms. The zero-order valence-corrected chi connectivity index (χ0v) is 25.8. The van der Waals surface area contributed by atoms with E-state index in [0.717, 1.165) is 19.1 Å². The van der Waals surface area contributed by atoms with Crippen LogP contribution in [0, 0.1) is 0 Å². The van der Waals surface area contributed by atoms with E-state index in [9.17, 15) is 18.0 Å². The second-order valence-electron chi connectivity index (χ2n) is 9.08. The van der Waals surface area contributed by atoms with E-state index in [1.54, 1.807) is 30.3 Å². The van der Waals surface area contributed by atoms with Gasteiger partial charge in [-0.2, -0.15) is 0 Å². The first kappa shape index (κ1) is 33.0. The quantitative estimate of drug-likeness (QED) is 0.249. The summed E-state index contributed by atoms with van der Waals surface area (Å²) in [6.07, 6.45) is 3.48. The van der Waals surface area contributed by atoms with Crippen molar-refractivity contribution in [3.05, 3.63) is 57.0 Å². The number of benzene rings is 2. The molecule has 1 atom stereocenters. The van der Waals surface area contributed by atoms with Crippen molar-refractivity contribution in [2.75, 3.05) is 30.8 Å². The number of anilines is 1. The molecule has 0 aliphatic rings. The molecule has 0 heterocycles. The van der Waals surface area contributed by atoms with Gasteiger partial charge in [0.15, 0.2) is 0 Å². The van der Waals surface area contributed by atoms with Gasteiger partial charge in [0.05, 0.1) is 24.1 Å². The summed E-state index contributed by atoms with van der Waals surface area (Å²) in [6.45, 7) is 4.54. The van der Waals surface area contributed by atoms with E-state index in [1.165, 1.54) is 22.4 Å². The second-order valence-corrected chi connectivity index (χ2v) is 12.2. The highest BCUT2D eigenvalue weighted by atomic mass is 35.5. The van der Waals surface area contributed by atoms with Gasteiger partial charge in [-0.25, -0.2) is 8.42 Å². The van der Waals surface area contributed by atoms with Gasteiger partial charge in [-0.1, -0.05) is 61.1 Å². The molecule has 0 bridgehead atoms. The third-order valence-corrected chi connectivity index (χ3v) is 8.22. The summed E-state index contributed by atoms with van der Waals surface area (Å²) in [6, 6.07) is 8.97. The monoisotopic (exact) mass is 619 g/mol. The van der Waals surface area contributed by atoms with Crippen LogP contribution in [0.1, 0.15) is 51.5 Å². The van der Waals surface area contributed by atoms with Gasteiger partial charge in [-0.3, -0.25) is 13.9 Å². The summed E-state index contributed by atoms with van der Waals surface area (Å²) < 4.78 is 31.5. The number of methoxy groups -OCH3 is 1. The molecule has 0 spiro atoms. The number of hydrogen-bond acceptors (Lipinski definition) is 5. The maximum atomic E-state index is 13.5. The Morgan fingerprint density at radius 2 is 1.74 bits per heavy atom. The predicted octanol–water partition coefficient (Wildman–Crippen LogP) is 5.93. The molecule has 2 rings (SSSR count).